The molecule has 0 fully saturated rings. The van der Waals surface area contributed by atoms with Gasteiger partial charge in [-0.05, 0) is 19.1 Å². The van der Waals surface area contributed by atoms with Crippen LogP contribution in [0.25, 0.3) is 0 Å². The van der Waals surface area contributed by atoms with Gasteiger partial charge in [-0.3, -0.25) is 15.0 Å². The molecule has 14 heavy (non-hydrogen) atoms. The number of nitrogens with two attached hydrogens (primary N) is 1. The summed E-state index contributed by atoms with van der Waals surface area (Å²) in [6, 6.07) is 3.57. The van der Waals surface area contributed by atoms with E-state index in [2.05, 4.69) is 5.32 Å². The summed E-state index contributed by atoms with van der Waals surface area (Å²) in [7, 11) is 0. The van der Waals surface area contributed by atoms with Crippen molar-refractivity contribution in [3.63, 3.8) is 0 Å². The Morgan fingerprint density at radius 3 is 2.71 bits per heavy atom. The van der Waals surface area contributed by atoms with E-state index in [1.165, 1.54) is 11.3 Å². The van der Waals surface area contributed by atoms with E-state index < -0.39 is 5.91 Å². The molecule has 0 aromatic carbocycles. The third kappa shape index (κ3) is 2.82. The molecule has 0 atom stereocenters. The number of carbonyl (C=O) groups is 2. The van der Waals surface area contributed by atoms with Crippen LogP contribution in [-0.4, -0.2) is 18.4 Å². The molecule has 0 spiro atoms. The Morgan fingerprint density at radius 1 is 1.50 bits per heavy atom. The molecule has 0 saturated heterocycles. The van der Waals surface area contributed by atoms with Gasteiger partial charge < -0.3 is 5.32 Å². The largest absolute Gasteiger partial charge is 0.342 e. The zero-order chi connectivity index (χ0) is 10.6. The van der Waals surface area contributed by atoms with E-state index in [4.69, 9.17) is 5.84 Å². The van der Waals surface area contributed by atoms with Crippen molar-refractivity contribution in [2.24, 2.45) is 5.84 Å². The lowest BCUT2D eigenvalue weighted by Gasteiger charge is -2.01. The summed E-state index contributed by atoms with van der Waals surface area (Å²) in [6.45, 7) is 1.81. The molecule has 0 bridgehead atoms. The minimum absolute atomic E-state index is 0.105. The number of amides is 2. The van der Waals surface area contributed by atoms with Crippen LogP contribution >= 0.6 is 11.3 Å². The molecule has 76 valence electrons. The predicted octanol–water partition coefficient (Wildman–Crippen LogP) is -0.224. The molecule has 0 aliphatic heterocycles. The van der Waals surface area contributed by atoms with Crippen molar-refractivity contribution in [1.29, 1.82) is 0 Å². The summed E-state index contributed by atoms with van der Waals surface area (Å²) in [4.78, 5) is 23.7. The number of hydrogen-bond acceptors (Lipinski definition) is 4. The fraction of sp³-hybridized carbons (Fsp3) is 0.250. The number of hydrogen-bond donors (Lipinski definition) is 3. The van der Waals surface area contributed by atoms with Crippen LogP contribution in [-0.2, 0) is 4.79 Å². The van der Waals surface area contributed by atoms with Gasteiger partial charge in [-0.1, -0.05) is 0 Å². The normalized spacial score (nSPS) is 9.57. The molecule has 1 aromatic rings. The second kappa shape index (κ2) is 4.73. The van der Waals surface area contributed by atoms with E-state index in [-0.39, 0.29) is 12.5 Å². The fourth-order valence-electron chi connectivity index (χ4n) is 0.855. The number of nitrogens with one attached hydrogen (secondary N) is 2. The number of carbonyl (C=O) groups excluding carboxylic acids is 2. The van der Waals surface area contributed by atoms with E-state index in [1.54, 1.807) is 6.07 Å². The van der Waals surface area contributed by atoms with Crippen molar-refractivity contribution in [2.75, 3.05) is 6.54 Å². The summed E-state index contributed by atoms with van der Waals surface area (Å²) < 4.78 is 0. The zero-order valence-electron chi connectivity index (χ0n) is 7.66. The monoisotopic (exact) mass is 213 g/mol. The molecule has 1 rings (SSSR count). The van der Waals surface area contributed by atoms with E-state index in [0.717, 1.165) is 4.88 Å². The third-order valence-corrected chi connectivity index (χ3v) is 2.53. The highest BCUT2D eigenvalue weighted by Crippen LogP contribution is 2.14. The predicted molar refractivity (Wildman–Crippen MR) is 53.7 cm³/mol. The molecular weight excluding hydrogens is 202 g/mol. The van der Waals surface area contributed by atoms with Crippen LogP contribution in [0.2, 0.25) is 0 Å². The van der Waals surface area contributed by atoms with Gasteiger partial charge in [0.25, 0.3) is 11.8 Å². The fourth-order valence-corrected chi connectivity index (χ4v) is 1.64. The van der Waals surface area contributed by atoms with Crippen LogP contribution in [0, 0.1) is 6.92 Å². The van der Waals surface area contributed by atoms with Crippen LogP contribution in [0.15, 0.2) is 12.1 Å². The number of hydrazine groups is 1. The van der Waals surface area contributed by atoms with Gasteiger partial charge in [-0.2, -0.15) is 0 Å². The summed E-state index contributed by atoms with van der Waals surface area (Å²) >= 11 is 1.38. The SMILES string of the molecule is Cc1ccc(C(=O)NCC(=O)NN)s1. The van der Waals surface area contributed by atoms with Crippen LogP contribution in [0.4, 0.5) is 0 Å². The Hall–Kier alpha value is -1.40. The number of rotatable bonds is 3. The molecule has 0 aliphatic carbocycles. The first kappa shape index (κ1) is 10.7. The van der Waals surface area contributed by atoms with Crippen molar-refractivity contribution in [3.8, 4) is 0 Å². The van der Waals surface area contributed by atoms with Crippen LogP contribution in [0.5, 0.6) is 0 Å². The van der Waals surface area contributed by atoms with Gasteiger partial charge in [0.15, 0.2) is 0 Å². The van der Waals surface area contributed by atoms with E-state index >= 15 is 0 Å². The second-order valence-electron chi connectivity index (χ2n) is 2.66. The minimum Gasteiger partial charge on any atom is -0.342 e. The summed E-state index contributed by atoms with van der Waals surface area (Å²) in [5, 5.41) is 2.44. The average molecular weight is 213 g/mol. The Kier molecular flexibility index (Phi) is 3.61. The molecule has 0 aliphatic rings. The zero-order valence-corrected chi connectivity index (χ0v) is 8.48. The molecule has 2 amide bonds. The molecule has 0 unspecified atom stereocenters. The number of thiophene rings is 1. The molecule has 0 saturated carbocycles. The highest BCUT2D eigenvalue weighted by molar-refractivity contribution is 7.13. The van der Waals surface area contributed by atoms with Gasteiger partial charge in [0.05, 0.1) is 11.4 Å². The molecule has 4 N–H and O–H groups in total. The average Bonchev–Trinajstić information content (AvgIpc) is 2.60. The smallest absolute Gasteiger partial charge is 0.261 e. The highest BCUT2D eigenvalue weighted by atomic mass is 32.1. The van der Waals surface area contributed by atoms with Gasteiger partial charge in [0, 0.05) is 4.88 Å². The molecule has 6 heteroatoms. The standard InChI is InChI=1S/C8H11N3O2S/c1-5-2-3-6(14-5)8(13)10-4-7(12)11-9/h2-3H,4,9H2,1H3,(H,10,13)(H,11,12). The van der Waals surface area contributed by atoms with Gasteiger partial charge in [0.1, 0.15) is 0 Å². The van der Waals surface area contributed by atoms with Crippen molar-refractivity contribution < 1.29 is 9.59 Å². The molecular formula is C8H11N3O2S. The Bertz CT molecular complexity index is 348. The van der Waals surface area contributed by atoms with E-state index in [9.17, 15) is 9.59 Å². The Labute approximate surface area is 85.3 Å². The lowest BCUT2D eigenvalue weighted by atomic mass is 10.4. The highest BCUT2D eigenvalue weighted by Gasteiger charge is 2.08. The first-order valence-corrected chi connectivity index (χ1v) is 4.79. The summed E-state index contributed by atoms with van der Waals surface area (Å²) in [5.74, 6) is 4.17. The minimum atomic E-state index is -0.424. The maximum atomic E-state index is 11.4. The first-order chi connectivity index (χ1) is 6.63. The van der Waals surface area contributed by atoms with E-state index in [0.29, 0.717) is 4.88 Å². The lowest BCUT2D eigenvalue weighted by molar-refractivity contribution is -0.120. The maximum absolute atomic E-state index is 11.4. The topological polar surface area (TPSA) is 84.2 Å². The quantitative estimate of drug-likeness (QED) is 0.368. The second-order valence-corrected chi connectivity index (χ2v) is 3.95. The van der Waals surface area contributed by atoms with Crippen LogP contribution in [0.1, 0.15) is 14.5 Å². The lowest BCUT2D eigenvalue weighted by Crippen LogP contribution is -2.39. The Morgan fingerprint density at radius 2 is 2.21 bits per heavy atom. The van der Waals surface area contributed by atoms with Crippen LogP contribution in [0.3, 0.4) is 0 Å². The van der Waals surface area contributed by atoms with Gasteiger partial charge in [-0.25, -0.2) is 5.84 Å². The molecule has 1 aromatic heterocycles. The van der Waals surface area contributed by atoms with Crippen molar-refractivity contribution >= 4 is 23.2 Å². The molecule has 5 nitrogen and oxygen atoms in total. The van der Waals surface area contributed by atoms with E-state index in [1.807, 2.05) is 18.4 Å². The van der Waals surface area contributed by atoms with Crippen molar-refractivity contribution in [3.05, 3.63) is 21.9 Å². The summed E-state index contributed by atoms with van der Waals surface area (Å²) in [6.07, 6.45) is 0. The van der Waals surface area contributed by atoms with Crippen molar-refractivity contribution in [1.82, 2.24) is 10.7 Å². The van der Waals surface area contributed by atoms with Gasteiger partial charge >= 0.3 is 0 Å². The van der Waals surface area contributed by atoms with Crippen molar-refractivity contribution in [2.45, 2.75) is 6.92 Å². The third-order valence-electron chi connectivity index (χ3n) is 1.53. The van der Waals surface area contributed by atoms with Gasteiger partial charge in [-0.15, -0.1) is 11.3 Å². The molecule has 0 radical (unpaired) electrons. The summed E-state index contributed by atoms with van der Waals surface area (Å²) in [5.41, 5.74) is 1.93. The molecule has 1 heterocycles. The Balaban J connectivity index is 2.47. The van der Waals surface area contributed by atoms with Gasteiger partial charge in [0.2, 0.25) is 0 Å². The van der Waals surface area contributed by atoms with Crippen LogP contribution < -0.4 is 16.6 Å². The maximum Gasteiger partial charge on any atom is 0.261 e. The first-order valence-electron chi connectivity index (χ1n) is 3.97. The number of aryl methyl sites for hydroxylation is 1.